The molecule has 0 spiro atoms. The summed E-state index contributed by atoms with van der Waals surface area (Å²) in [4.78, 5) is 36.3. The maximum Gasteiger partial charge on any atom is 0.303 e. The van der Waals surface area contributed by atoms with E-state index in [1.54, 1.807) is 0 Å². The number of carboxylic acid groups (broad SMARTS) is 1. The van der Waals surface area contributed by atoms with Gasteiger partial charge in [-0.15, -0.1) is 0 Å². The van der Waals surface area contributed by atoms with Crippen molar-refractivity contribution in [2.45, 2.75) is 65.2 Å². The lowest BCUT2D eigenvalue weighted by Crippen LogP contribution is -2.44. The maximum absolute atomic E-state index is 12.1. The molecule has 0 aromatic heterocycles. The third-order valence-corrected chi connectivity index (χ3v) is 4.54. The highest BCUT2D eigenvalue weighted by atomic mass is 16.4. The molecule has 1 rings (SSSR count). The molecule has 0 aromatic carbocycles. The van der Waals surface area contributed by atoms with Crippen LogP contribution in [0.3, 0.4) is 0 Å². The van der Waals surface area contributed by atoms with Gasteiger partial charge in [-0.1, -0.05) is 33.1 Å². The molecule has 24 heavy (non-hydrogen) atoms. The molecule has 1 aliphatic rings. The summed E-state index contributed by atoms with van der Waals surface area (Å²) in [5, 5.41) is 11.5. The number of nitrogens with zero attached hydrogens (tertiary/aromatic N) is 1. The standard InChI is InChI=1S/C18H32N2O4/c1-14(2)18(24)20-12-9-15(10-13-20)17(23)19-11-7-5-3-4-6-8-16(21)22/h14-15H,3-13H2,1-2H3,(H,19,23)(H,21,22). The summed E-state index contributed by atoms with van der Waals surface area (Å²) in [5.74, 6) is -0.402. The van der Waals surface area contributed by atoms with E-state index in [9.17, 15) is 14.4 Å². The molecule has 0 aliphatic carbocycles. The maximum atomic E-state index is 12.1. The molecule has 0 bridgehead atoms. The van der Waals surface area contributed by atoms with E-state index < -0.39 is 5.97 Å². The number of unbranched alkanes of at least 4 members (excludes halogenated alkanes) is 4. The SMILES string of the molecule is CC(C)C(=O)N1CCC(C(=O)NCCCCCCCC(=O)O)CC1. The Kier molecular flexibility index (Phi) is 9.42. The number of aliphatic carboxylic acids is 1. The van der Waals surface area contributed by atoms with E-state index >= 15 is 0 Å². The topological polar surface area (TPSA) is 86.7 Å². The van der Waals surface area contributed by atoms with Crippen molar-refractivity contribution in [3.05, 3.63) is 0 Å². The average Bonchev–Trinajstić information content (AvgIpc) is 2.56. The molecule has 138 valence electrons. The number of hydrogen-bond acceptors (Lipinski definition) is 3. The zero-order valence-corrected chi connectivity index (χ0v) is 15.1. The second-order valence-electron chi connectivity index (χ2n) is 6.96. The number of carbonyl (C=O) groups is 3. The van der Waals surface area contributed by atoms with E-state index in [0.29, 0.717) is 19.6 Å². The molecule has 6 nitrogen and oxygen atoms in total. The van der Waals surface area contributed by atoms with Gasteiger partial charge >= 0.3 is 5.97 Å². The summed E-state index contributed by atoms with van der Waals surface area (Å²) in [6.07, 6.45) is 6.37. The predicted octanol–water partition coefficient (Wildman–Crippen LogP) is 2.42. The van der Waals surface area contributed by atoms with E-state index in [0.717, 1.165) is 44.9 Å². The minimum absolute atomic E-state index is 0.0193. The number of likely N-dealkylation sites (tertiary alicyclic amines) is 1. The number of amides is 2. The first-order chi connectivity index (χ1) is 11.4. The third kappa shape index (κ3) is 7.79. The van der Waals surface area contributed by atoms with Crippen molar-refractivity contribution in [3.63, 3.8) is 0 Å². The first-order valence-electron chi connectivity index (χ1n) is 9.20. The van der Waals surface area contributed by atoms with E-state index in [2.05, 4.69) is 5.32 Å². The first-order valence-corrected chi connectivity index (χ1v) is 9.20. The molecule has 0 atom stereocenters. The molecule has 2 amide bonds. The molecule has 2 N–H and O–H groups in total. The number of carbonyl (C=O) groups excluding carboxylic acids is 2. The number of hydrogen-bond donors (Lipinski definition) is 2. The van der Waals surface area contributed by atoms with Crippen LogP contribution in [0.5, 0.6) is 0 Å². The van der Waals surface area contributed by atoms with Gasteiger partial charge in [-0.05, 0) is 25.7 Å². The lowest BCUT2D eigenvalue weighted by atomic mass is 9.95. The van der Waals surface area contributed by atoms with Crippen LogP contribution in [0.4, 0.5) is 0 Å². The molecule has 0 aromatic rings. The lowest BCUT2D eigenvalue weighted by Gasteiger charge is -2.32. The van der Waals surface area contributed by atoms with Crippen LogP contribution in [0.1, 0.15) is 65.2 Å². The number of piperidine rings is 1. The second kappa shape index (κ2) is 11.0. The van der Waals surface area contributed by atoms with Crippen molar-refractivity contribution in [1.82, 2.24) is 10.2 Å². The fourth-order valence-electron chi connectivity index (χ4n) is 3.01. The van der Waals surface area contributed by atoms with Gasteiger partial charge in [0.15, 0.2) is 0 Å². The molecule has 1 heterocycles. The zero-order valence-electron chi connectivity index (χ0n) is 15.1. The van der Waals surface area contributed by atoms with Crippen molar-refractivity contribution in [2.75, 3.05) is 19.6 Å². The number of nitrogens with one attached hydrogen (secondary N) is 1. The van der Waals surface area contributed by atoms with Gasteiger partial charge in [0.1, 0.15) is 0 Å². The van der Waals surface area contributed by atoms with E-state index in [-0.39, 0.29) is 30.1 Å². The third-order valence-electron chi connectivity index (χ3n) is 4.54. The van der Waals surface area contributed by atoms with Gasteiger partial charge in [-0.2, -0.15) is 0 Å². The van der Waals surface area contributed by atoms with E-state index in [1.165, 1.54) is 0 Å². The van der Waals surface area contributed by atoms with Crippen LogP contribution in [-0.4, -0.2) is 47.4 Å². The Morgan fingerprint density at radius 2 is 1.62 bits per heavy atom. The van der Waals surface area contributed by atoms with Crippen LogP contribution in [0.25, 0.3) is 0 Å². The van der Waals surface area contributed by atoms with Crippen molar-refractivity contribution >= 4 is 17.8 Å². The fraction of sp³-hybridized carbons (Fsp3) is 0.833. The molecule has 1 aliphatic heterocycles. The Hall–Kier alpha value is -1.59. The van der Waals surface area contributed by atoms with Crippen LogP contribution in [-0.2, 0) is 14.4 Å². The Labute approximate surface area is 145 Å². The smallest absolute Gasteiger partial charge is 0.303 e. The lowest BCUT2D eigenvalue weighted by molar-refractivity contribution is -0.138. The summed E-state index contributed by atoms with van der Waals surface area (Å²) in [7, 11) is 0. The van der Waals surface area contributed by atoms with Crippen molar-refractivity contribution in [3.8, 4) is 0 Å². The quantitative estimate of drug-likeness (QED) is 0.598. The summed E-state index contributed by atoms with van der Waals surface area (Å²) in [5.41, 5.74) is 0. The molecule has 6 heteroatoms. The van der Waals surface area contributed by atoms with E-state index in [4.69, 9.17) is 5.11 Å². The molecular weight excluding hydrogens is 308 g/mol. The summed E-state index contributed by atoms with van der Waals surface area (Å²) in [6.45, 7) is 5.85. The Morgan fingerprint density at radius 1 is 1.04 bits per heavy atom. The predicted molar refractivity (Wildman–Crippen MR) is 92.5 cm³/mol. The number of rotatable bonds is 10. The average molecular weight is 340 g/mol. The van der Waals surface area contributed by atoms with Crippen LogP contribution in [0, 0.1) is 11.8 Å². The largest absolute Gasteiger partial charge is 0.481 e. The zero-order chi connectivity index (χ0) is 17.9. The van der Waals surface area contributed by atoms with Crippen LogP contribution in [0.15, 0.2) is 0 Å². The second-order valence-corrected chi connectivity index (χ2v) is 6.96. The molecule has 0 unspecified atom stereocenters. The van der Waals surface area contributed by atoms with Crippen molar-refractivity contribution in [1.29, 1.82) is 0 Å². The summed E-state index contributed by atoms with van der Waals surface area (Å²) >= 11 is 0. The highest BCUT2D eigenvalue weighted by Gasteiger charge is 2.27. The van der Waals surface area contributed by atoms with Crippen LogP contribution < -0.4 is 5.32 Å². The van der Waals surface area contributed by atoms with Crippen LogP contribution in [0.2, 0.25) is 0 Å². The first kappa shape index (κ1) is 20.5. The molecular formula is C18H32N2O4. The highest BCUT2D eigenvalue weighted by molar-refractivity contribution is 5.80. The van der Waals surface area contributed by atoms with Gasteiger partial charge in [-0.3, -0.25) is 14.4 Å². The van der Waals surface area contributed by atoms with Gasteiger partial charge in [0.2, 0.25) is 11.8 Å². The monoisotopic (exact) mass is 340 g/mol. The molecule has 1 saturated heterocycles. The fourth-order valence-corrected chi connectivity index (χ4v) is 3.01. The van der Waals surface area contributed by atoms with Crippen molar-refractivity contribution in [2.24, 2.45) is 11.8 Å². The van der Waals surface area contributed by atoms with Gasteiger partial charge in [0.25, 0.3) is 0 Å². The molecule has 1 fully saturated rings. The Morgan fingerprint density at radius 3 is 2.21 bits per heavy atom. The van der Waals surface area contributed by atoms with E-state index in [1.807, 2.05) is 18.7 Å². The highest BCUT2D eigenvalue weighted by Crippen LogP contribution is 2.19. The van der Waals surface area contributed by atoms with Gasteiger partial charge in [0, 0.05) is 37.9 Å². The molecule has 0 radical (unpaired) electrons. The summed E-state index contributed by atoms with van der Waals surface area (Å²) < 4.78 is 0. The van der Waals surface area contributed by atoms with Gasteiger partial charge in [-0.25, -0.2) is 0 Å². The van der Waals surface area contributed by atoms with Crippen LogP contribution >= 0.6 is 0 Å². The normalized spacial score (nSPS) is 15.5. The minimum Gasteiger partial charge on any atom is -0.481 e. The summed E-state index contributed by atoms with van der Waals surface area (Å²) in [6, 6.07) is 0. The Bertz CT molecular complexity index is 415. The molecule has 0 saturated carbocycles. The van der Waals surface area contributed by atoms with Gasteiger partial charge < -0.3 is 15.3 Å². The number of carboxylic acids is 1. The Balaban J connectivity index is 2.06. The van der Waals surface area contributed by atoms with Crippen molar-refractivity contribution < 1.29 is 19.5 Å². The van der Waals surface area contributed by atoms with Gasteiger partial charge in [0.05, 0.1) is 0 Å². The minimum atomic E-state index is -0.733.